The second-order valence-electron chi connectivity index (χ2n) is 10.3. The van der Waals surface area contributed by atoms with Crippen LogP contribution in [0.1, 0.15) is 55.0 Å². The van der Waals surface area contributed by atoms with E-state index in [-0.39, 0.29) is 24.7 Å². The lowest BCUT2D eigenvalue weighted by atomic mass is 9.79. The number of aliphatic carboxylic acids is 1. The molecule has 5 nitrogen and oxygen atoms in total. The number of hydrogen-bond acceptors (Lipinski definition) is 4. The van der Waals surface area contributed by atoms with Crippen LogP contribution in [0.4, 0.5) is 17.6 Å². The maximum Gasteiger partial charge on any atom is 0.416 e. The lowest BCUT2D eigenvalue weighted by Crippen LogP contribution is -2.42. The molecule has 39 heavy (non-hydrogen) atoms. The van der Waals surface area contributed by atoms with Gasteiger partial charge in [-0.2, -0.15) is 13.2 Å². The number of nitrogens with zero attached hydrogens (tertiary/aromatic N) is 2. The number of pyridine rings is 1. The minimum atomic E-state index is -4.36. The number of likely N-dealkylation sites (tertiary alicyclic amines) is 1. The number of aryl methyl sites for hydroxylation is 1. The average molecular weight is 547 g/mol. The Bertz CT molecular complexity index is 1270. The predicted molar refractivity (Wildman–Crippen MR) is 141 cm³/mol. The number of aromatic nitrogens is 1. The van der Waals surface area contributed by atoms with Crippen LogP contribution in [0.15, 0.2) is 54.7 Å². The molecular formula is C30H34F4N2O3. The highest BCUT2D eigenvalue weighted by Crippen LogP contribution is 2.36. The van der Waals surface area contributed by atoms with Gasteiger partial charge < -0.3 is 14.7 Å². The summed E-state index contributed by atoms with van der Waals surface area (Å²) in [5, 5.41) is 10.2. The van der Waals surface area contributed by atoms with E-state index in [2.05, 4.69) is 9.88 Å². The fourth-order valence-electron chi connectivity index (χ4n) is 5.67. The Morgan fingerprint density at radius 2 is 2.00 bits per heavy atom. The molecule has 1 aliphatic heterocycles. The highest BCUT2D eigenvalue weighted by atomic mass is 19.4. The van der Waals surface area contributed by atoms with Gasteiger partial charge in [-0.3, -0.25) is 9.78 Å². The van der Waals surface area contributed by atoms with Crippen molar-refractivity contribution in [3.05, 3.63) is 71.4 Å². The number of ether oxygens (including phenoxy) is 1. The Balaban J connectivity index is 1.33. The first-order valence-corrected chi connectivity index (χ1v) is 13.3. The third-order valence-electron chi connectivity index (χ3n) is 7.72. The van der Waals surface area contributed by atoms with Gasteiger partial charge >= 0.3 is 12.1 Å². The normalized spacial score (nSPS) is 19.2. The summed E-state index contributed by atoms with van der Waals surface area (Å²) in [7, 11) is 1.56. The molecule has 0 bridgehead atoms. The summed E-state index contributed by atoms with van der Waals surface area (Å²) in [4.78, 5) is 18.1. The van der Waals surface area contributed by atoms with Gasteiger partial charge in [0.15, 0.2) is 0 Å². The fourth-order valence-corrected chi connectivity index (χ4v) is 5.67. The Morgan fingerprint density at radius 1 is 1.18 bits per heavy atom. The number of hydrogen-bond donors (Lipinski definition) is 1. The molecule has 0 aliphatic carbocycles. The van der Waals surface area contributed by atoms with Crippen molar-refractivity contribution >= 4 is 16.9 Å². The molecule has 4 rings (SSSR count). The van der Waals surface area contributed by atoms with Gasteiger partial charge in [0, 0.05) is 24.5 Å². The second-order valence-corrected chi connectivity index (χ2v) is 10.3. The zero-order valence-electron chi connectivity index (χ0n) is 22.0. The molecule has 1 N–H and O–H groups in total. The van der Waals surface area contributed by atoms with E-state index in [9.17, 15) is 23.1 Å². The number of alkyl halides is 4. The van der Waals surface area contributed by atoms with E-state index in [0.717, 1.165) is 19.0 Å². The summed E-state index contributed by atoms with van der Waals surface area (Å²) in [6.45, 7) is 2.03. The first-order chi connectivity index (χ1) is 18.6. The molecule has 210 valence electrons. The number of rotatable bonds is 11. The summed E-state index contributed by atoms with van der Waals surface area (Å²) in [5.41, 5.74) is 1.24. The summed E-state index contributed by atoms with van der Waals surface area (Å²) in [5.74, 6) is -0.265. The lowest BCUT2D eigenvalue weighted by molar-refractivity contribution is -0.139. The molecule has 1 aromatic heterocycles. The van der Waals surface area contributed by atoms with Crippen molar-refractivity contribution in [1.29, 1.82) is 0 Å². The van der Waals surface area contributed by atoms with E-state index >= 15 is 4.39 Å². The average Bonchev–Trinajstić information content (AvgIpc) is 2.91. The first kappa shape index (κ1) is 28.8. The molecule has 1 unspecified atom stereocenters. The number of fused-ring (bicyclic) bond motifs is 1. The summed E-state index contributed by atoms with van der Waals surface area (Å²) >= 11 is 0. The number of methoxy groups -OCH3 is 1. The number of carboxylic acids is 1. The zero-order chi connectivity index (χ0) is 28.0. The van der Waals surface area contributed by atoms with E-state index in [0.29, 0.717) is 60.1 Å². The van der Waals surface area contributed by atoms with Crippen LogP contribution in [0.5, 0.6) is 5.75 Å². The van der Waals surface area contributed by atoms with Crippen molar-refractivity contribution in [1.82, 2.24) is 9.88 Å². The maximum absolute atomic E-state index is 15.5. The molecule has 0 spiro atoms. The number of carboxylic acid groups (broad SMARTS) is 1. The van der Waals surface area contributed by atoms with E-state index in [1.807, 2.05) is 0 Å². The van der Waals surface area contributed by atoms with E-state index in [1.54, 1.807) is 43.6 Å². The first-order valence-electron chi connectivity index (χ1n) is 13.3. The van der Waals surface area contributed by atoms with Crippen LogP contribution < -0.4 is 4.74 Å². The topological polar surface area (TPSA) is 62.7 Å². The van der Waals surface area contributed by atoms with Crippen LogP contribution >= 0.6 is 0 Å². The Hall–Kier alpha value is -3.20. The van der Waals surface area contributed by atoms with Crippen molar-refractivity contribution < 1.29 is 32.2 Å². The SMILES string of the molecule is COc1ccc2nccc(C(F)CC[C@@H]3CCN(CCCc4cccc(C(F)(F)F)c4)C[C@@H]3CC(=O)O)c2c1. The third kappa shape index (κ3) is 7.68. The molecule has 0 amide bonds. The molecule has 3 atom stereocenters. The molecule has 9 heteroatoms. The molecule has 0 saturated carbocycles. The van der Waals surface area contributed by atoms with Gasteiger partial charge in [-0.1, -0.05) is 18.2 Å². The van der Waals surface area contributed by atoms with Gasteiger partial charge in [-0.15, -0.1) is 0 Å². The zero-order valence-corrected chi connectivity index (χ0v) is 22.0. The van der Waals surface area contributed by atoms with Gasteiger partial charge in [0.1, 0.15) is 11.9 Å². The van der Waals surface area contributed by atoms with Crippen LogP contribution in [0.3, 0.4) is 0 Å². The number of piperidine rings is 1. The number of benzene rings is 2. The van der Waals surface area contributed by atoms with Crippen LogP contribution in [0.2, 0.25) is 0 Å². The molecule has 3 aromatic rings. The molecular weight excluding hydrogens is 512 g/mol. The van der Waals surface area contributed by atoms with Crippen molar-refractivity contribution in [2.75, 3.05) is 26.7 Å². The van der Waals surface area contributed by atoms with Gasteiger partial charge in [0.2, 0.25) is 0 Å². The Labute approximate surface area is 225 Å². The third-order valence-corrected chi connectivity index (χ3v) is 7.72. The van der Waals surface area contributed by atoms with Gasteiger partial charge in [-0.25, -0.2) is 4.39 Å². The van der Waals surface area contributed by atoms with Crippen molar-refractivity contribution in [3.63, 3.8) is 0 Å². The minimum absolute atomic E-state index is 0.0150. The molecule has 1 aliphatic rings. The highest BCUT2D eigenvalue weighted by molar-refractivity contribution is 5.83. The number of halogens is 4. The van der Waals surface area contributed by atoms with Gasteiger partial charge in [-0.05, 0) is 98.5 Å². The second kappa shape index (κ2) is 12.8. The van der Waals surface area contributed by atoms with E-state index in [4.69, 9.17) is 4.74 Å². The molecule has 2 heterocycles. The van der Waals surface area contributed by atoms with Crippen LogP contribution in [0.25, 0.3) is 10.9 Å². The van der Waals surface area contributed by atoms with E-state index in [1.165, 1.54) is 12.1 Å². The summed E-state index contributed by atoms with van der Waals surface area (Å²) in [6.07, 6.45) is -1.14. The lowest BCUT2D eigenvalue weighted by Gasteiger charge is -2.38. The smallest absolute Gasteiger partial charge is 0.416 e. The fraction of sp³-hybridized carbons (Fsp3) is 0.467. The largest absolute Gasteiger partial charge is 0.497 e. The van der Waals surface area contributed by atoms with Gasteiger partial charge in [0.25, 0.3) is 0 Å². The van der Waals surface area contributed by atoms with Crippen LogP contribution in [-0.4, -0.2) is 47.7 Å². The monoisotopic (exact) mass is 546 g/mol. The quantitative estimate of drug-likeness (QED) is 0.260. The molecule has 2 aromatic carbocycles. The van der Waals surface area contributed by atoms with E-state index < -0.39 is 23.9 Å². The summed E-state index contributed by atoms with van der Waals surface area (Å²) in [6, 6.07) is 12.5. The van der Waals surface area contributed by atoms with Gasteiger partial charge in [0.05, 0.1) is 18.2 Å². The Kier molecular flexibility index (Phi) is 9.43. The standard InChI is InChI=1S/C30H34F4N2O3/c1-39-24-8-10-28-26(18-24)25(11-13-35-28)27(31)9-7-21-12-15-36(19-22(21)17-29(37)38)14-3-5-20-4-2-6-23(16-20)30(32,33)34/h2,4,6,8,10-11,13,16,18,21-22,27H,3,5,7,9,12,14-15,17,19H2,1H3,(H,37,38)/t21-,22+,27?/m1/s1. The predicted octanol–water partition coefficient (Wildman–Crippen LogP) is 7.10. The minimum Gasteiger partial charge on any atom is -0.497 e. The summed E-state index contributed by atoms with van der Waals surface area (Å²) < 4.78 is 59.7. The maximum atomic E-state index is 15.5. The van der Waals surface area contributed by atoms with Crippen LogP contribution in [0, 0.1) is 11.8 Å². The van der Waals surface area contributed by atoms with Crippen molar-refractivity contribution in [2.24, 2.45) is 11.8 Å². The molecule has 1 fully saturated rings. The molecule has 1 saturated heterocycles. The number of carbonyl (C=O) groups is 1. The van der Waals surface area contributed by atoms with Crippen molar-refractivity contribution in [3.8, 4) is 5.75 Å². The van der Waals surface area contributed by atoms with Crippen molar-refractivity contribution in [2.45, 2.75) is 50.9 Å². The Morgan fingerprint density at radius 3 is 2.74 bits per heavy atom. The van der Waals surface area contributed by atoms with Crippen LogP contribution in [-0.2, 0) is 17.4 Å². The molecule has 0 radical (unpaired) electrons. The highest BCUT2D eigenvalue weighted by Gasteiger charge is 2.32.